The maximum Gasteiger partial charge on any atom is 0.168 e. The van der Waals surface area contributed by atoms with Gasteiger partial charge in [-0.3, -0.25) is 0 Å². The van der Waals surface area contributed by atoms with Gasteiger partial charge in [-0.15, -0.1) is 0 Å². The van der Waals surface area contributed by atoms with E-state index >= 15 is 0 Å². The second-order valence-electron chi connectivity index (χ2n) is 4.65. The normalized spacial score (nSPS) is 11.2. The summed E-state index contributed by atoms with van der Waals surface area (Å²) < 4.78 is 0. The Labute approximate surface area is 87.7 Å². The third-order valence-corrected chi connectivity index (χ3v) is 2.04. The lowest BCUT2D eigenvalue weighted by molar-refractivity contribution is 0.304. The molecule has 0 fully saturated rings. The lowest BCUT2D eigenvalue weighted by atomic mass is 9.96. The van der Waals surface area contributed by atoms with Crippen LogP contribution in [0.5, 0.6) is 0 Å². The summed E-state index contributed by atoms with van der Waals surface area (Å²) in [5.74, 6) is 0. The predicted octanol–water partition coefficient (Wildman–Crippen LogP) is 2.25. The molecule has 0 aromatic heterocycles. The molecule has 0 spiro atoms. The minimum atomic E-state index is 0.298. The quantitative estimate of drug-likeness (QED) is 0.707. The molecule has 0 aliphatic carbocycles. The molecule has 0 atom stereocenters. The Kier molecular flexibility index (Phi) is 5.30. The van der Waals surface area contributed by atoms with E-state index in [1.54, 1.807) is 0 Å². The van der Waals surface area contributed by atoms with Gasteiger partial charge in [-0.25, -0.2) is 0 Å². The van der Waals surface area contributed by atoms with Crippen molar-refractivity contribution < 1.29 is 0 Å². The van der Waals surface area contributed by atoms with E-state index in [4.69, 9.17) is 12.2 Å². The SMILES string of the molecule is CCCNC(=S)N(C)CC(C)(C)C. The summed E-state index contributed by atoms with van der Waals surface area (Å²) in [5, 5.41) is 4.07. The summed E-state index contributed by atoms with van der Waals surface area (Å²) in [6.07, 6.45) is 1.11. The van der Waals surface area contributed by atoms with Gasteiger partial charge >= 0.3 is 0 Å². The van der Waals surface area contributed by atoms with E-state index in [2.05, 4.69) is 37.9 Å². The van der Waals surface area contributed by atoms with Crippen LogP contribution in [0.3, 0.4) is 0 Å². The van der Waals surface area contributed by atoms with Crippen LogP contribution in [0.4, 0.5) is 0 Å². The van der Waals surface area contributed by atoms with E-state index in [1.165, 1.54) is 0 Å². The average molecular weight is 202 g/mol. The Morgan fingerprint density at radius 1 is 1.38 bits per heavy atom. The maximum atomic E-state index is 5.22. The van der Waals surface area contributed by atoms with Gasteiger partial charge in [-0.05, 0) is 24.1 Å². The molecule has 0 aromatic carbocycles. The van der Waals surface area contributed by atoms with Gasteiger partial charge in [0.15, 0.2) is 5.11 Å². The second kappa shape index (κ2) is 5.43. The maximum absolute atomic E-state index is 5.22. The van der Waals surface area contributed by atoms with Gasteiger partial charge in [0.05, 0.1) is 0 Å². The minimum Gasteiger partial charge on any atom is -0.363 e. The Morgan fingerprint density at radius 3 is 2.31 bits per heavy atom. The fraction of sp³-hybridized carbons (Fsp3) is 0.900. The highest BCUT2D eigenvalue weighted by atomic mass is 32.1. The van der Waals surface area contributed by atoms with Gasteiger partial charge in [0.1, 0.15) is 0 Å². The van der Waals surface area contributed by atoms with Gasteiger partial charge in [0.2, 0.25) is 0 Å². The summed E-state index contributed by atoms with van der Waals surface area (Å²) >= 11 is 5.22. The van der Waals surface area contributed by atoms with E-state index in [1.807, 2.05) is 7.05 Å². The fourth-order valence-corrected chi connectivity index (χ4v) is 1.32. The van der Waals surface area contributed by atoms with Crippen LogP contribution >= 0.6 is 12.2 Å². The van der Waals surface area contributed by atoms with Gasteiger partial charge in [0.25, 0.3) is 0 Å². The number of hydrogen-bond donors (Lipinski definition) is 1. The Balaban J connectivity index is 3.83. The summed E-state index contributed by atoms with van der Waals surface area (Å²) in [5.41, 5.74) is 0.298. The van der Waals surface area contributed by atoms with Crippen molar-refractivity contribution in [3.63, 3.8) is 0 Å². The number of hydrogen-bond acceptors (Lipinski definition) is 1. The lowest BCUT2D eigenvalue weighted by Gasteiger charge is -2.28. The van der Waals surface area contributed by atoms with E-state index < -0.39 is 0 Å². The number of nitrogens with zero attached hydrogens (tertiary/aromatic N) is 1. The van der Waals surface area contributed by atoms with Gasteiger partial charge in [-0.1, -0.05) is 27.7 Å². The number of rotatable bonds is 3. The first-order chi connectivity index (χ1) is 5.87. The highest BCUT2D eigenvalue weighted by molar-refractivity contribution is 7.80. The zero-order chi connectivity index (χ0) is 10.5. The fourth-order valence-electron chi connectivity index (χ4n) is 1.15. The van der Waals surface area contributed by atoms with Crippen molar-refractivity contribution in [3.8, 4) is 0 Å². The molecule has 3 heteroatoms. The average Bonchev–Trinajstić information content (AvgIpc) is 1.96. The molecule has 13 heavy (non-hydrogen) atoms. The van der Waals surface area contributed by atoms with Crippen LogP contribution in [0.15, 0.2) is 0 Å². The monoisotopic (exact) mass is 202 g/mol. The van der Waals surface area contributed by atoms with Crippen molar-refractivity contribution in [2.75, 3.05) is 20.1 Å². The first kappa shape index (κ1) is 12.7. The molecule has 78 valence electrons. The van der Waals surface area contributed by atoms with Crippen LogP contribution in [0, 0.1) is 5.41 Å². The molecule has 0 aliphatic heterocycles. The molecular weight excluding hydrogens is 180 g/mol. The van der Waals surface area contributed by atoms with Crippen LogP contribution in [0.2, 0.25) is 0 Å². The first-order valence-corrected chi connectivity index (χ1v) is 5.26. The van der Waals surface area contributed by atoms with E-state index in [9.17, 15) is 0 Å². The zero-order valence-corrected chi connectivity index (χ0v) is 10.3. The van der Waals surface area contributed by atoms with Crippen molar-refractivity contribution in [2.24, 2.45) is 5.41 Å². The molecular formula is C10H22N2S. The molecule has 0 saturated carbocycles. The van der Waals surface area contributed by atoms with Crippen LogP contribution < -0.4 is 5.32 Å². The minimum absolute atomic E-state index is 0.298. The summed E-state index contributed by atoms with van der Waals surface area (Å²) in [6.45, 7) is 10.7. The Hall–Kier alpha value is -0.310. The van der Waals surface area contributed by atoms with Crippen LogP contribution in [0.1, 0.15) is 34.1 Å². The van der Waals surface area contributed by atoms with Gasteiger partial charge in [-0.2, -0.15) is 0 Å². The first-order valence-electron chi connectivity index (χ1n) is 4.86. The molecule has 2 nitrogen and oxygen atoms in total. The highest BCUT2D eigenvalue weighted by Crippen LogP contribution is 2.13. The predicted molar refractivity (Wildman–Crippen MR) is 63.0 cm³/mol. The molecule has 1 N–H and O–H groups in total. The van der Waals surface area contributed by atoms with Gasteiger partial charge < -0.3 is 10.2 Å². The van der Waals surface area contributed by atoms with E-state index in [0.717, 1.165) is 24.6 Å². The standard InChI is InChI=1S/C10H22N2S/c1-6-7-11-9(13)12(5)8-10(2,3)4/h6-8H2,1-5H3,(H,11,13). The van der Waals surface area contributed by atoms with E-state index in [-0.39, 0.29) is 0 Å². The molecule has 0 rings (SSSR count). The molecule has 0 bridgehead atoms. The van der Waals surface area contributed by atoms with Crippen LogP contribution in [-0.4, -0.2) is 30.1 Å². The molecule has 0 radical (unpaired) electrons. The third kappa shape index (κ3) is 6.82. The molecule has 0 aromatic rings. The van der Waals surface area contributed by atoms with Crippen LogP contribution in [0.25, 0.3) is 0 Å². The molecule has 0 heterocycles. The smallest absolute Gasteiger partial charge is 0.168 e. The highest BCUT2D eigenvalue weighted by Gasteiger charge is 2.14. The molecule has 0 aliphatic rings. The van der Waals surface area contributed by atoms with Crippen molar-refractivity contribution in [3.05, 3.63) is 0 Å². The van der Waals surface area contributed by atoms with Crippen molar-refractivity contribution in [1.29, 1.82) is 0 Å². The Morgan fingerprint density at radius 2 is 1.92 bits per heavy atom. The zero-order valence-electron chi connectivity index (χ0n) is 9.48. The number of nitrogens with one attached hydrogen (secondary N) is 1. The van der Waals surface area contributed by atoms with Gasteiger partial charge in [0, 0.05) is 20.1 Å². The summed E-state index contributed by atoms with van der Waals surface area (Å²) in [6, 6.07) is 0. The summed E-state index contributed by atoms with van der Waals surface area (Å²) in [4.78, 5) is 2.10. The van der Waals surface area contributed by atoms with Crippen molar-refractivity contribution in [1.82, 2.24) is 10.2 Å². The van der Waals surface area contributed by atoms with E-state index in [0.29, 0.717) is 5.41 Å². The second-order valence-corrected chi connectivity index (χ2v) is 5.04. The topological polar surface area (TPSA) is 15.3 Å². The largest absolute Gasteiger partial charge is 0.363 e. The molecule has 0 unspecified atom stereocenters. The van der Waals surface area contributed by atoms with Crippen molar-refractivity contribution in [2.45, 2.75) is 34.1 Å². The Bertz CT molecular complexity index is 161. The van der Waals surface area contributed by atoms with Crippen molar-refractivity contribution >= 4 is 17.3 Å². The third-order valence-electron chi connectivity index (χ3n) is 1.58. The molecule has 0 amide bonds. The molecule has 0 saturated heterocycles. The summed E-state index contributed by atoms with van der Waals surface area (Å²) in [7, 11) is 2.04. The lowest BCUT2D eigenvalue weighted by Crippen LogP contribution is -2.41. The van der Waals surface area contributed by atoms with Crippen LogP contribution in [-0.2, 0) is 0 Å². The number of thiocarbonyl (C=S) groups is 1.